The van der Waals surface area contributed by atoms with E-state index in [2.05, 4.69) is 5.32 Å². The van der Waals surface area contributed by atoms with Crippen LogP contribution in [0.25, 0.3) is 0 Å². The number of aryl methyl sites for hydroxylation is 1. The normalized spacial score (nSPS) is 11.9. The van der Waals surface area contributed by atoms with E-state index in [4.69, 9.17) is 10.8 Å². The van der Waals surface area contributed by atoms with Gasteiger partial charge in [0.25, 0.3) is 5.69 Å². The topological polar surface area (TPSA) is 118 Å². The molecule has 1 aromatic rings. The zero-order chi connectivity index (χ0) is 13.7. The smallest absolute Gasteiger partial charge is 0.320 e. The Morgan fingerprint density at radius 1 is 1.61 bits per heavy atom. The van der Waals surface area contributed by atoms with Gasteiger partial charge >= 0.3 is 5.97 Å². The van der Waals surface area contributed by atoms with Crippen LogP contribution < -0.4 is 11.1 Å². The van der Waals surface area contributed by atoms with Gasteiger partial charge in [0.1, 0.15) is 11.7 Å². The summed E-state index contributed by atoms with van der Waals surface area (Å²) < 4.78 is 0. The van der Waals surface area contributed by atoms with Gasteiger partial charge < -0.3 is 16.2 Å². The summed E-state index contributed by atoms with van der Waals surface area (Å²) in [5, 5.41) is 22.2. The van der Waals surface area contributed by atoms with Gasteiger partial charge in [0, 0.05) is 12.6 Å². The maximum atomic E-state index is 10.8. The van der Waals surface area contributed by atoms with E-state index in [0.717, 1.165) is 5.56 Å². The molecule has 0 aliphatic heterocycles. The summed E-state index contributed by atoms with van der Waals surface area (Å²) >= 11 is 0. The van der Waals surface area contributed by atoms with E-state index in [0.29, 0.717) is 5.69 Å². The molecule has 0 unspecified atom stereocenters. The second-order valence-electron chi connectivity index (χ2n) is 3.94. The minimum atomic E-state index is -1.09. The minimum Gasteiger partial charge on any atom is -0.480 e. The van der Waals surface area contributed by atoms with Gasteiger partial charge in [-0.15, -0.1) is 0 Å². The number of benzene rings is 1. The summed E-state index contributed by atoms with van der Waals surface area (Å²) in [4.78, 5) is 20.8. The van der Waals surface area contributed by atoms with E-state index in [1.165, 1.54) is 6.07 Å². The molecule has 0 aliphatic rings. The lowest BCUT2D eigenvalue weighted by Gasteiger charge is -2.09. The largest absolute Gasteiger partial charge is 0.480 e. The highest BCUT2D eigenvalue weighted by Crippen LogP contribution is 2.25. The van der Waals surface area contributed by atoms with Gasteiger partial charge in [-0.25, -0.2) is 0 Å². The van der Waals surface area contributed by atoms with E-state index in [1.807, 2.05) is 6.92 Å². The first-order chi connectivity index (χ1) is 8.41. The number of hydrogen-bond donors (Lipinski definition) is 3. The standard InChI is InChI=1S/C11H15N3O4/c1-7-2-3-10(14(17)18)9(6-7)13-5-4-8(12)11(15)16/h2-3,6,8,13H,4-5,12H2,1H3,(H,15,16)/t8-/m0/s1. The molecule has 7 nitrogen and oxygen atoms in total. The maximum absolute atomic E-state index is 10.8. The molecule has 1 aromatic carbocycles. The molecule has 7 heteroatoms. The zero-order valence-electron chi connectivity index (χ0n) is 9.92. The Hall–Kier alpha value is -2.15. The van der Waals surface area contributed by atoms with Gasteiger partial charge in [0.15, 0.2) is 0 Å². The number of rotatable bonds is 6. The van der Waals surface area contributed by atoms with Crippen LogP contribution in [0.3, 0.4) is 0 Å². The molecular formula is C11H15N3O4. The zero-order valence-corrected chi connectivity index (χ0v) is 9.92. The predicted molar refractivity (Wildman–Crippen MR) is 66.6 cm³/mol. The van der Waals surface area contributed by atoms with Crippen molar-refractivity contribution in [3.05, 3.63) is 33.9 Å². The Morgan fingerprint density at radius 2 is 2.28 bits per heavy atom. The first-order valence-corrected chi connectivity index (χ1v) is 5.39. The van der Waals surface area contributed by atoms with Crippen molar-refractivity contribution in [2.75, 3.05) is 11.9 Å². The Balaban J connectivity index is 2.69. The van der Waals surface area contributed by atoms with Crippen molar-refractivity contribution in [3.63, 3.8) is 0 Å². The van der Waals surface area contributed by atoms with Crippen LogP contribution in [-0.2, 0) is 4.79 Å². The van der Waals surface area contributed by atoms with Crippen molar-refractivity contribution in [1.82, 2.24) is 0 Å². The van der Waals surface area contributed by atoms with Crippen LogP contribution in [0.5, 0.6) is 0 Å². The van der Waals surface area contributed by atoms with Crippen molar-refractivity contribution in [2.24, 2.45) is 5.73 Å². The first-order valence-electron chi connectivity index (χ1n) is 5.39. The third-order valence-corrected chi connectivity index (χ3v) is 2.44. The molecule has 18 heavy (non-hydrogen) atoms. The number of nitrogens with two attached hydrogens (primary N) is 1. The van der Waals surface area contributed by atoms with E-state index in [-0.39, 0.29) is 18.7 Å². The number of nitro benzene ring substituents is 1. The molecule has 0 spiro atoms. The number of hydrogen-bond acceptors (Lipinski definition) is 5. The number of nitro groups is 1. The molecular weight excluding hydrogens is 238 g/mol. The molecule has 0 saturated heterocycles. The lowest BCUT2D eigenvalue weighted by molar-refractivity contribution is -0.384. The lowest BCUT2D eigenvalue weighted by atomic mass is 10.1. The second-order valence-corrected chi connectivity index (χ2v) is 3.94. The van der Waals surface area contributed by atoms with Crippen LogP contribution in [0.4, 0.5) is 11.4 Å². The van der Waals surface area contributed by atoms with Crippen LogP contribution in [-0.4, -0.2) is 28.6 Å². The first kappa shape index (κ1) is 13.9. The molecule has 0 aromatic heterocycles. The third kappa shape index (κ3) is 3.70. The van der Waals surface area contributed by atoms with Crippen molar-refractivity contribution in [2.45, 2.75) is 19.4 Å². The molecule has 0 aliphatic carbocycles. The molecule has 0 radical (unpaired) electrons. The molecule has 0 fully saturated rings. The monoisotopic (exact) mass is 253 g/mol. The van der Waals surface area contributed by atoms with Crippen LogP contribution >= 0.6 is 0 Å². The third-order valence-electron chi connectivity index (χ3n) is 2.44. The summed E-state index contributed by atoms with van der Waals surface area (Å²) in [7, 11) is 0. The molecule has 4 N–H and O–H groups in total. The number of carboxylic acid groups (broad SMARTS) is 1. The highest BCUT2D eigenvalue weighted by atomic mass is 16.6. The average Bonchev–Trinajstić information content (AvgIpc) is 2.28. The van der Waals surface area contributed by atoms with E-state index < -0.39 is 16.9 Å². The van der Waals surface area contributed by atoms with Crippen LogP contribution in [0.1, 0.15) is 12.0 Å². The van der Waals surface area contributed by atoms with Crippen molar-refractivity contribution < 1.29 is 14.8 Å². The van der Waals surface area contributed by atoms with Gasteiger partial charge in [-0.1, -0.05) is 6.07 Å². The van der Waals surface area contributed by atoms with Crippen molar-refractivity contribution in [1.29, 1.82) is 0 Å². The van der Waals surface area contributed by atoms with E-state index >= 15 is 0 Å². The second kappa shape index (κ2) is 5.97. The summed E-state index contributed by atoms with van der Waals surface area (Å²) in [6, 6.07) is 3.73. The van der Waals surface area contributed by atoms with Crippen molar-refractivity contribution in [3.8, 4) is 0 Å². The number of anilines is 1. The van der Waals surface area contributed by atoms with Crippen LogP contribution in [0.15, 0.2) is 18.2 Å². The van der Waals surface area contributed by atoms with Gasteiger partial charge in [0.05, 0.1) is 4.92 Å². The number of nitrogens with one attached hydrogen (secondary N) is 1. The fourth-order valence-corrected chi connectivity index (χ4v) is 1.44. The predicted octanol–water partition coefficient (Wildman–Crippen LogP) is 1.12. The molecule has 0 saturated carbocycles. The van der Waals surface area contributed by atoms with Gasteiger partial charge in [-0.05, 0) is 25.0 Å². The molecule has 0 heterocycles. The minimum absolute atomic E-state index is 0.0375. The number of carbonyl (C=O) groups is 1. The van der Waals surface area contributed by atoms with E-state index in [9.17, 15) is 14.9 Å². The van der Waals surface area contributed by atoms with Crippen molar-refractivity contribution >= 4 is 17.3 Å². The Bertz CT molecular complexity index is 462. The van der Waals surface area contributed by atoms with Gasteiger partial charge in [-0.2, -0.15) is 0 Å². The highest BCUT2D eigenvalue weighted by molar-refractivity contribution is 5.73. The van der Waals surface area contributed by atoms with Crippen LogP contribution in [0, 0.1) is 17.0 Å². The summed E-state index contributed by atoms with van der Waals surface area (Å²) in [6.07, 6.45) is 0.195. The number of nitrogens with zero attached hydrogens (tertiary/aromatic N) is 1. The van der Waals surface area contributed by atoms with Crippen LogP contribution in [0.2, 0.25) is 0 Å². The Labute approximate surface area is 104 Å². The van der Waals surface area contributed by atoms with E-state index in [1.54, 1.807) is 12.1 Å². The quantitative estimate of drug-likeness (QED) is 0.516. The molecule has 0 bridgehead atoms. The average molecular weight is 253 g/mol. The molecule has 98 valence electrons. The van der Waals surface area contributed by atoms with Gasteiger partial charge in [0.2, 0.25) is 0 Å². The lowest BCUT2D eigenvalue weighted by Crippen LogP contribution is -2.32. The fourth-order valence-electron chi connectivity index (χ4n) is 1.44. The SMILES string of the molecule is Cc1ccc([N+](=O)[O-])c(NCC[C@H](N)C(=O)O)c1. The molecule has 0 amide bonds. The maximum Gasteiger partial charge on any atom is 0.320 e. The summed E-state index contributed by atoms with van der Waals surface area (Å²) in [5.74, 6) is -1.09. The molecule has 1 atom stereocenters. The summed E-state index contributed by atoms with van der Waals surface area (Å²) in [6.45, 7) is 2.08. The number of aliphatic carboxylic acids is 1. The summed E-state index contributed by atoms with van der Waals surface area (Å²) in [5.41, 5.74) is 6.55. The fraction of sp³-hybridized carbons (Fsp3) is 0.364. The number of carboxylic acids is 1. The van der Waals surface area contributed by atoms with Gasteiger partial charge in [-0.3, -0.25) is 14.9 Å². The highest BCUT2D eigenvalue weighted by Gasteiger charge is 2.15. The molecule has 1 rings (SSSR count). The Morgan fingerprint density at radius 3 is 2.83 bits per heavy atom. The Kier molecular flexibility index (Phi) is 4.61.